The maximum Gasteiger partial charge on any atom is 0.258 e. The summed E-state index contributed by atoms with van der Waals surface area (Å²) in [5.74, 6) is -0.612. The van der Waals surface area contributed by atoms with Gasteiger partial charge in [0.05, 0.1) is 22.2 Å². The van der Waals surface area contributed by atoms with Crippen LogP contribution < -0.4 is 10.2 Å². The highest BCUT2D eigenvalue weighted by Crippen LogP contribution is 2.39. The Bertz CT molecular complexity index is 1340. The summed E-state index contributed by atoms with van der Waals surface area (Å²) in [4.78, 5) is 7.08. The lowest BCUT2D eigenvalue weighted by Crippen LogP contribution is -2.46. The molecular formula is C24H18F2N4OS2. The molecule has 0 fully saturated rings. The van der Waals surface area contributed by atoms with E-state index in [1.54, 1.807) is 4.90 Å². The third-order valence-electron chi connectivity index (χ3n) is 5.40. The Morgan fingerprint density at radius 2 is 1.79 bits per heavy atom. The Morgan fingerprint density at radius 3 is 2.45 bits per heavy atom. The molecule has 1 aliphatic rings. The molecule has 166 valence electrons. The normalized spacial score (nSPS) is 16.3. The van der Waals surface area contributed by atoms with Gasteiger partial charge in [-0.25, -0.2) is 8.78 Å². The number of thiophene rings is 1. The van der Waals surface area contributed by atoms with Crippen LogP contribution >= 0.6 is 23.6 Å². The standard InChI is InChI=1S/C24H18F2N4OS2/c1-13-5-7-15(8-6-13)21-20(23-28-22(29-31-23)19-4-3-9-33-19)14(2)30(24(32)27-21)18-11-16(25)10-17(26)12-18/h3-12,21H,1-2H3,(H,27,32). The monoisotopic (exact) mass is 480 g/mol. The van der Waals surface area contributed by atoms with E-state index in [1.165, 1.54) is 23.5 Å². The van der Waals surface area contributed by atoms with Gasteiger partial charge < -0.3 is 9.84 Å². The van der Waals surface area contributed by atoms with Gasteiger partial charge in [-0.05, 0) is 55.2 Å². The van der Waals surface area contributed by atoms with Crippen molar-refractivity contribution in [2.75, 3.05) is 4.90 Å². The molecule has 4 aromatic rings. The summed E-state index contributed by atoms with van der Waals surface area (Å²) in [6.45, 7) is 3.83. The number of aromatic nitrogens is 2. The second-order valence-electron chi connectivity index (χ2n) is 7.66. The van der Waals surface area contributed by atoms with Gasteiger partial charge in [0, 0.05) is 11.8 Å². The van der Waals surface area contributed by atoms with E-state index in [0.717, 1.165) is 22.1 Å². The second kappa shape index (κ2) is 8.49. The average Bonchev–Trinajstić information content (AvgIpc) is 3.45. The second-order valence-corrected chi connectivity index (χ2v) is 8.99. The molecule has 1 aliphatic heterocycles. The molecule has 0 aliphatic carbocycles. The van der Waals surface area contributed by atoms with Crippen molar-refractivity contribution in [2.45, 2.75) is 19.9 Å². The zero-order chi connectivity index (χ0) is 23.1. The topological polar surface area (TPSA) is 54.2 Å². The van der Waals surface area contributed by atoms with Crippen molar-refractivity contribution < 1.29 is 13.3 Å². The predicted octanol–water partition coefficient (Wildman–Crippen LogP) is 6.25. The molecule has 0 bridgehead atoms. The van der Waals surface area contributed by atoms with Crippen LogP contribution in [0.15, 0.2) is 70.2 Å². The molecule has 0 spiro atoms. The fourth-order valence-electron chi connectivity index (χ4n) is 3.85. The van der Waals surface area contributed by atoms with Crippen molar-refractivity contribution >= 4 is 39.9 Å². The number of nitrogens with zero attached hydrogens (tertiary/aromatic N) is 3. The van der Waals surface area contributed by atoms with Crippen LogP contribution in [-0.4, -0.2) is 15.3 Å². The maximum absolute atomic E-state index is 14.0. The maximum atomic E-state index is 14.0. The number of halogens is 2. The minimum absolute atomic E-state index is 0.264. The van der Waals surface area contributed by atoms with Crippen molar-refractivity contribution in [3.63, 3.8) is 0 Å². The average molecular weight is 481 g/mol. The minimum Gasteiger partial charge on any atom is -0.351 e. The Kier molecular flexibility index (Phi) is 5.51. The number of nitrogens with one attached hydrogen (secondary N) is 1. The molecule has 0 saturated heterocycles. The SMILES string of the molecule is CC1=C(c2nc(-c3cccs3)no2)C(c2ccc(C)cc2)NC(=S)N1c1cc(F)cc(F)c1. The van der Waals surface area contributed by atoms with E-state index in [2.05, 4.69) is 15.5 Å². The Labute approximate surface area is 198 Å². The Hall–Kier alpha value is -3.43. The third-order valence-corrected chi connectivity index (χ3v) is 6.57. The van der Waals surface area contributed by atoms with Crippen LogP contribution in [-0.2, 0) is 0 Å². The zero-order valence-corrected chi connectivity index (χ0v) is 19.3. The van der Waals surface area contributed by atoms with Crippen molar-refractivity contribution in [1.82, 2.24) is 15.5 Å². The number of thiocarbonyl (C=S) groups is 1. The number of rotatable bonds is 4. The van der Waals surface area contributed by atoms with Crippen LogP contribution in [0.4, 0.5) is 14.5 Å². The van der Waals surface area contributed by atoms with E-state index in [9.17, 15) is 8.78 Å². The summed E-state index contributed by atoms with van der Waals surface area (Å²) >= 11 is 7.12. The largest absolute Gasteiger partial charge is 0.351 e. The molecule has 2 aromatic heterocycles. The van der Waals surface area contributed by atoms with E-state index >= 15 is 0 Å². The number of aryl methyl sites for hydroxylation is 1. The molecule has 3 heterocycles. The zero-order valence-electron chi connectivity index (χ0n) is 17.7. The molecule has 33 heavy (non-hydrogen) atoms. The van der Waals surface area contributed by atoms with Gasteiger partial charge in [0.15, 0.2) is 5.11 Å². The first-order valence-corrected chi connectivity index (χ1v) is 11.4. The van der Waals surface area contributed by atoms with E-state index in [-0.39, 0.29) is 11.7 Å². The first kappa shape index (κ1) is 21.4. The van der Waals surface area contributed by atoms with Crippen molar-refractivity contribution in [2.24, 2.45) is 0 Å². The molecule has 1 N–H and O–H groups in total. The summed E-state index contributed by atoms with van der Waals surface area (Å²) < 4.78 is 33.7. The summed E-state index contributed by atoms with van der Waals surface area (Å²) in [7, 11) is 0. The van der Waals surface area contributed by atoms with Crippen LogP contribution in [0, 0.1) is 18.6 Å². The van der Waals surface area contributed by atoms with E-state index in [1.807, 2.05) is 55.6 Å². The number of anilines is 1. The Morgan fingerprint density at radius 1 is 1.06 bits per heavy atom. The van der Waals surface area contributed by atoms with Crippen LogP contribution in [0.25, 0.3) is 16.3 Å². The number of hydrogen-bond acceptors (Lipinski definition) is 5. The van der Waals surface area contributed by atoms with Gasteiger partial charge in [0.1, 0.15) is 11.6 Å². The van der Waals surface area contributed by atoms with Gasteiger partial charge in [-0.2, -0.15) is 4.98 Å². The van der Waals surface area contributed by atoms with E-state index in [0.29, 0.717) is 28.1 Å². The first-order valence-electron chi connectivity index (χ1n) is 10.1. The van der Waals surface area contributed by atoms with Crippen molar-refractivity contribution in [1.29, 1.82) is 0 Å². The van der Waals surface area contributed by atoms with Gasteiger partial charge in [-0.3, -0.25) is 4.90 Å². The van der Waals surface area contributed by atoms with Crippen molar-refractivity contribution in [3.05, 3.63) is 94.3 Å². The minimum atomic E-state index is -0.694. The lowest BCUT2D eigenvalue weighted by atomic mass is 9.94. The van der Waals surface area contributed by atoms with Crippen LogP contribution in [0.2, 0.25) is 0 Å². The van der Waals surface area contributed by atoms with Crippen LogP contribution in [0.1, 0.15) is 30.0 Å². The van der Waals surface area contributed by atoms with Gasteiger partial charge in [0.25, 0.3) is 5.89 Å². The highest BCUT2D eigenvalue weighted by atomic mass is 32.1. The van der Waals surface area contributed by atoms with Gasteiger partial charge in [0.2, 0.25) is 5.82 Å². The first-order chi connectivity index (χ1) is 15.9. The highest BCUT2D eigenvalue weighted by Gasteiger charge is 2.35. The third kappa shape index (κ3) is 4.05. The molecular weight excluding hydrogens is 462 g/mol. The van der Waals surface area contributed by atoms with E-state index < -0.39 is 11.6 Å². The quantitative estimate of drug-likeness (QED) is 0.349. The van der Waals surface area contributed by atoms with Crippen molar-refractivity contribution in [3.8, 4) is 10.7 Å². The summed E-state index contributed by atoms with van der Waals surface area (Å²) in [5.41, 5.74) is 3.63. The predicted molar refractivity (Wildman–Crippen MR) is 129 cm³/mol. The van der Waals surface area contributed by atoms with Gasteiger partial charge in [-0.1, -0.05) is 41.1 Å². The molecule has 2 aromatic carbocycles. The summed E-state index contributed by atoms with van der Waals surface area (Å²) in [6.07, 6.45) is 0. The fraction of sp³-hybridized carbons (Fsp3) is 0.125. The van der Waals surface area contributed by atoms with Crippen LogP contribution in [0.3, 0.4) is 0 Å². The van der Waals surface area contributed by atoms with E-state index in [4.69, 9.17) is 16.7 Å². The van der Waals surface area contributed by atoms with Gasteiger partial charge >= 0.3 is 0 Å². The lowest BCUT2D eigenvalue weighted by Gasteiger charge is -2.37. The van der Waals surface area contributed by atoms with Gasteiger partial charge in [-0.15, -0.1) is 11.3 Å². The molecule has 0 radical (unpaired) electrons. The molecule has 1 atom stereocenters. The highest BCUT2D eigenvalue weighted by molar-refractivity contribution is 7.80. The molecule has 0 amide bonds. The molecule has 0 saturated carbocycles. The molecule has 5 rings (SSSR count). The Balaban J connectivity index is 1.68. The molecule has 1 unspecified atom stereocenters. The number of hydrogen-bond donors (Lipinski definition) is 1. The lowest BCUT2D eigenvalue weighted by molar-refractivity contribution is 0.404. The smallest absolute Gasteiger partial charge is 0.258 e. The fourth-order valence-corrected chi connectivity index (χ4v) is 4.86. The summed E-state index contributed by atoms with van der Waals surface area (Å²) in [5, 5.41) is 9.68. The number of benzene rings is 2. The summed E-state index contributed by atoms with van der Waals surface area (Å²) in [6, 6.07) is 14.7. The van der Waals surface area contributed by atoms with Crippen LogP contribution in [0.5, 0.6) is 0 Å². The number of allylic oxidation sites excluding steroid dienone is 1. The molecule has 5 nitrogen and oxygen atoms in total. The molecule has 9 heteroatoms.